The van der Waals surface area contributed by atoms with E-state index in [-0.39, 0.29) is 40.0 Å². The van der Waals surface area contributed by atoms with Crippen LogP contribution in [-0.2, 0) is 9.59 Å². The van der Waals surface area contributed by atoms with Crippen LogP contribution in [-0.4, -0.2) is 79.8 Å². The summed E-state index contributed by atoms with van der Waals surface area (Å²) in [5.41, 5.74) is 3.36. The zero-order chi connectivity index (χ0) is 31.4. The fourth-order valence-corrected chi connectivity index (χ4v) is 5.77. The number of rotatable bonds is 8. The number of anilines is 3. The quantitative estimate of drug-likeness (QED) is 0.134. The number of carbonyl (C=O) groups is 2. The number of pyridine rings is 1. The van der Waals surface area contributed by atoms with Gasteiger partial charge in [0.2, 0.25) is 12.3 Å². The van der Waals surface area contributed by atoms with E-state index in [0.717, 1.165) is 17.7 Å². The van der Waals surface area contributed by atoms with Gasteiger partial charge < -0.3 is 14.7 Å². The van der Waals surface area contributed by atoms with Gasteiger partial charge in [0.25, 0.3) is 0 Å². The van der Waals surface area contributed by atoms with E-state index in [1.807, 2.05) is 44.1 Å². The van der Waals surface area contributed by atoms with Gasteiger partial charge in [-0.2, -0.15) is 0 Å². The first-order valence-electron chi connectivity index (χ1n) is 14.2. The first-order valence-corrected chi connectivity index (χ1v) is 14.6. The Hall–Kier alpha value is -4.24. The smallest absolute Gasteiger partial charge is 0.246 e. The molecule has 1 aliphatic rings. The third-order valence-electron chi connectivity index (χ3n) is 7.65. The number of piperazine rings is 1. The number of halogens is 2. The Balaban J connectivity index is 1.99. The Morgan fingerprint density at radius 3 is 2.49 bits per heavy atom. The van der Waals surface area contributed by atoms with Crippen molar-refractivity contribution in [1.29, 1.82) is 0 Å². The molecule has 1 atom stereocenters. The highest BCUT2D eigenvalue weighted by molar-refractivity contribution is 6.33. The van der Waals surface area contributed by atoms with Crippen LogP contribution in [0.2, 0.25) is 5.02 Å². The largest absolute Gasteiger partial charge is 0.376 e. The lowest BCUT2D eigenvalue weighted by Crippen LogP contribution is -2.55. The molecule has 3 aromatic rings. The van der Waals surface area contributed by atoms with Crippen molar-refractivity contribution in [1.82, 2.24) is 14.8 Å². The van der Waals surface area contributed by atoms with Gasteiger partial charge in [-0.1, -0.05) is 56.3 Å². The fourth-order valence-electron chi connectivity index (χ4n) is 5.52. The minimum absolute atomic E-state index is 0.0777. The number of hydrogen-bond donors (Lipinski definition) is 0. The van der Waals surface area contributed by atoms with E-state index in [9.17, 15) is 9.59 Å². The highest BCUT2D eigenvalue weighted by atomic mass is 35.5. The Morgan fingerprint density at radius 1 is 1.19 bits per heavy atom. The van der Waals surface area contributed by atoms with Gasteiger partial charge in [0.05, 0.1) is 27.7 Å². The van der Waals surface area contributed by atoms with Crippen molar-refractivity contribution in [2.75, 3.05) is 50.6 Å². The van der Waals surface area contributed by atoms with Crippen LogP contribution in [0.1, 0.15) is 37.8 Å². The molecule has 1 aliphatic heterocycles. The van der Waals surface area contributed by atoms with E-state index in [1.165, 1.54) is 17.0 Å². The maximum absolute atomic E-state index is 15.1. The zero-order valence-electron chi connectivity index (χ0n) is 25.5. The van der Waals surface area contributed by atoms with Crippen LogP contribution in [0.3, 0.4) is 0 Å². The molecule has 0 saturated carbocycles. The van der Waals surface area contributed by atoms with Gasteiger partial charge >= 0.3 is 0 Å². The fraction of sp³-hybridized carbons (Fsp3) is 0.333. The average molecular weight is 605 g/mol. The Bertz CT molecular complexity index is 1530. The van der Waals surface area contributed by atoms with Crippen molar-refractivity contribution in [2.45, 2.75) is 32.7 Å². The second kappa shape index (κ2) is 13.4. The first kappa shape index (κ1) is 31.7. The summed E-state index contributed by atoms with van der Waals surface area (Å²) in [6.07, 6.45) is 2.05. The summed E-state index contributed by atoms with van der Waals surface area (Å²) in [5.74, 6) is 0.295. The van der Waals surface area contributed by atoms with Crippen LogP contribution in [0.4, 0.5) is 21.6 Å². The standard InChI is InChI=1S/C33H38ClFN6O2/c1-8-29(43)39-16-17-40(22(4)19-39)32(36-5)25-18-26(34)30(24-12-9-10-14-27(24)35)37-33(25)41(20-42)31-23(21(2)3)13-11-15-28(31)38(6)7/h8-15,18,20-22H,1,16-17,19H2,2-7H3. The van der Waals surface area contributed by atoms with Gasteiger partial charge in [-0.05, 0) is 48.7 Å². The molecule has 43 heavy (non-hydrogen) atoms. The van der Waals surface area contributed by atoms with Crippen molar-refractivity contribution in [2.24, 2.45) is 4.99 Å². The molecule has 0 bridgehead atoms. The molecule has 1 aromatic heterocycles. The van der Waals surface area contributed by atoms with Gasteiger partial charge in [-0.25, -0.2) is 9.37 Å². The predicted molar refractivity (Wildman–Crippen MR) is 173 cm³/mol. The van der Waals surface area contributed by atoms with E-state index in [0.29, 0.717) is 36.7 Å². The SMILES string of the molecule is C=CC(=O)N1CCN(C(=NC)c2cc(Cl)c(-c3ccccc3F)nc2N(C=O)c2c(C(C)C)cccc2N(C)C)C(C)C1. The van der Waals surface area contributed by atoms with E-state index < -0.39 is 5.82 Å². The molecule has 2 heterocycles. The van der Waals surface area contributed by atoms with Crippen LogP contribution in [0, 0.1) is 5.82 Å². The lowest BCUT2D eigenvalue weighted by Gasteiger charge is -2.41. The third kappa shape index (κ3) is 6.27. The monoisotopic (exact) mass is 604 g/mol. The maximum atomic E-state index is 15.1. The van der Waals surface area contributed by atoms with Crippen molar-refractivity contribution in [3.63, 3.8) is 0 Å². The topological polar surface area (TPSA) is 72.4 Å². The van der Waals surface area contributed by atoms with Gasteiger partial charge in [0.15, 0.2) is 5.82 Å². The molecular formula is C33H38ClFN6O2. The number of benzene rings is 2. The number of aromatic nitrogens is 1. The summed E-state index contributed by atoms with van der Waals surface area (Å²) >= 11 is 6.84. The maximum Gasteiger partial charge on any atom is 0.246 e. The number of amides is 2. The number of nitrogens with zero attached hydrogens (tertiary/aromatic N) is 6. The van der Waals surface area contributed by atoms with E-state index in [1.54, 1.807) is 36.2 Å². The van der Waals surface area contributed by atoms with E-state index in [4.69, 9.17) is 16.6 Å². The highest BCUT2D eigenvalue weighted by Crippen LogP contribution is 2.42. The van der Waals surface area contributed by atoms with Crippen molar-refractivity contribution >= 4 is 46.9 Å². The minimum Gasteiger partial charge on any atom is -0.376 e. The second-order valence-electron chi connectivity index (χ2n) is 11.0. The van der Waals surface area contributed by atoms with Gasteiger partial charge in [0, 0.05) is 52.4 Å². The van der Waals surface area contributed by atoms with Crippen LogP contribution in [0.5, 0.6) is 0 Å². The molecule has 2 amide bonds. The number of aliphatic imine (C=N–C) groups is 1. The van der Waals surface area contributed by atoms with Crippen molar-refractivity contribution < 1.29 is 14.0 Å². The average Bonchev–Trinajstić information content (AvgIpc) is 2.99. The lowest BCUT2D eigenvalue weighted by molar-refractivity contribution is -0.128. The summed E-state index contributed by atoms with van der Waals surface area (Å²) in [5, 5.41) is 0.217. The summed E-state index contributed by atoms with van der Waals surface area (Å²) in [4.78, 5) is 42.4. The van der Waals surface area contributed by atoms with Crippen LogP contribution >= 0.6 is 11.6 Å². The summed E-state index contributed by atoms with van der Waals surface area (Å²) in [7, 11) is 5.50. The molecule has 2 aromatic carbocycles. The van der Waals surface area contributed by atoms with E-state index >= 15 is 4.39 Å². The molecule has 4 rings (SSSR count). The van der Waals surface area contributed by atoms with Crippen LogP contribution in [0.25, 0.3) is 11.3 Å². The van der Waals surface area contributed by atoms with Gasteiger partial charge in [-0.15, -0.1) is 0 Å². The Kier molecular flexibility index (Phi) is 9.86. The third-order valence-corrected chi connectivity index (χ3v) is 7.94. The predicted octanol–water partition coefficient (Wildman–Crippen LogP) is 6.12. The number of para-hydroxylation sites is 1. The molecular weight excluding hydrogens is 567 g/mol. The molecule has 8 nitrogen and oxygen atoms in total. The molecule has 226 valence electrons. The van der Waals surface area contributed by atoms with Crippen molar-refractivity contribution in [3.8, 4) is 11.3 Å². The number of carbonyl (C=O) groups excluding carboxylic acids is 2. The lowest BCUT2D eigenvalue weighted by atomic mass is 9.98. The Labute approximate surface area is 258 Å². The van der Waals surface area contributed by atoms with Crippen molar-refractivity contribution in [3.05, 3.63) is 83.2 Å². The normalized spacial score (nSPS) is 15.5. The zero-order valence-corrected chi connectivity index (χ0v) is 26.3. The van der Waals surface area contributed by atoms with Crippen LogP contribution in [0.15, 0.2) is 66.2 Å². The number of amidine groups is 1. The van der Waals surface area contributed by atoms with Gasteiger partial charge in [-0.3, -0.25) is 19.5 Å². The summed E-state index contributed by atoms with van der Waals surface area (Å²) in [6.45, 7) is 11.2. The molecule has 10 heteroatoms. The molecule has 1 saturated heterocycles. The molecule has 0 aliphatic carbocycles. The van der Waals surface area contributed by atoms with Crippen LogP contribution < -0.4 is 9.80 Å². The molecule has 0 N–H and O–H groups in total. The molecule has 0 spiro atoms. The number of hydrogen-bond acceptors (Lipinski definition) is 5. The summed E-state index contributed by atoms with van der Waals surface area (Å²) in [6, 6.07) is 13.8. The minimum atomic E-state index is -0.481. The Morgan fingerprint density at radius 2 is 1.91 bits per heavy atom. The first-order chi connectivity index (χ1) is 20.5. The molecule has 1 unspecified atom stereocenters. The second-order valence-corrected chi connectivity index (χ2v) is 11.4. The van der Waals surface area contributed by atoms with E-state index in [2.05, 4.69) is 30.3 Å². The van der Waals surface area contributed by atoms with Gasteiger partial charge in [0.1, 0.15) is 11.7 Å². The molecule has 0 radical (unpaired) electrons. The summed E-state index contributed by atoms with van der Waals surface area (Å²) < 4.78 is 15.1. The highest BCUT2D eigenvalue weighted by Gasteiger charge is 2.33. The molecule has 1 fully saturated rings.